The van der Waals surface area contributed by atoms with Crippen LogP contribution in [-0.2, 0) is 11.8 Å². The molecule has 2 amide bonds. The van der Waals surface area contributed by atoms with E-state index in [4.69, 9.17) is 0 Å². The first-order valence-corrected chi connectivity index (χ1v) is 7.86. The van der Waals surface area contributed by atoms with Crippen LogP contribution in [0.3, 0.4) is 0 Å². The molecular weight excluding hydrogens is 302 g/mol. The predicted molar refractivity (Wildman–Crippen MR) is 92.8 cm³/mol. The molecule has 2 heterocycles. The van der Waals surface area contributed by atoms with Crippen molar-refractivity contribution in [1.29, 1.82) is 0 Å². The fourth-order valence-corrected chi connectivity index (χ4v) is 3.22. The number of aromatic nitrogens is 1. The number of anilines is 1. The van der Waals surface area contributed by atoms with Gasteiger partial charge in [-0.3, -0.25) is 9.59 Å². The summed E-state index contributed by atoms with van der Waals surface area (Å²) in [5.74, 6) is -0.237. The summed E-state index contributed by atoms with van der Waals surface area (Å²) in [5.41, 5.74) is 3.36. The second-order valence-corrected chi connectivity index (χ2v) is 6.07. The van der Waals surface area contributed by atoms with E-state index in [2.05, 4.69) is 10.6 Å². The maximum absolute atomic E-state index is 12.4. The van der Waals surface area contributed by atoms with Crippen molar-refractivity contribution in [3.8, 4) is 0 Å². The first-order chi connectivity index (χ1) is 11.6. The highest BCUT2D eigenvalue weighted by Gasteiger charge is 2.29. The van der Waals surface area contributed by atoms with Gasteiger partial charge in [-0.15, -0.1) is 0 Å². The van der Waals surface area contributed by atoms with Gasteiger partial charge in [-0.05, 0) is 35.2 Å². The van der Waals surface area contributed by atoms with E-state index in [1.54, 1.807) is 6.07 Å². The van der Waals surface area contributed by atoms with Crippen molar-refractivity contribution in [2.24, 2.45) is 7.05 Å². The van der Waals surface area contributed by atoms with Gasteiger partial charge in [0.1, 0.15) is 0 Å². The molecule has 1 atom stereocenters. The van der Waals surface area contributed by atoms with Gasteiger partial charge in [0.05, 0.1) is 12.5 Å². The van der Waals surface area contributed by atoms with Crippen molar-refractivity contribution >= 4 is 28.4 Å². The molecule has 0 aliphatic carbocycles. The lowest BCUT2D eigenvalue weighted by Crippen LogP contribution is -2.24. The molecule has 2 aromatic carbocycles. The lowest BCUT2D eigenvalue weighted by Gasteiger charge is -2.12. The zero-order valence-corrected chi connectivity index (χ0v) is 13.2. The molecule has 1 aromatic heterocycles. The molecule has 5 nitrogen and oxygen atoms in total. The van der Waals surface area contributed by atoms with Crippen molar-refractivity contribution in [3.63, 3.8) is 0 Å². The Morgan fingerprint density at radius 1 is 1.21 bits per heavy atom. The van der Waals surface area contributed by atoms with Crippen LogP contribution >= 0.6 is 0 Å². The first kappa shape index (κ1) is 14.5. The number of hydrogen-bond acceptors (Lipinski definition) is 2. The van der Waals surface area contributed by atoms with Crippen molar-refractivity contribution in [3.05, 3.63) is 65.9 Å². The van der Waals surface area contributed by atoms with Gasteiger partial charge in [-0.2, -0.15) is 0 Å². The van der Waals surface area contributed by atoms with Gasteiger partial charge in [0, 0.05) is 30.0 Å². The quantitative estimate of drug-likeness (QED) is 0.779. The van der Waals surface area contributed by atoms with Gasteiger partial charge in [0.15, 0.2) is 0 Å². The average Bonchev–Trinajstić information content (AvgIpc) is 3.09. The van der Waals surface area contributed by atoms with Crippen molar-refractivity contribution in [2.75, 3.05) is 5.32 Å². The molecule has 1 aliphatic rings. The molecule has 5 heteroatoms. The van der Waals surface area contributed by atoms with Crippen LogP contribution in [-0.4, -0.2) is 16.4 Å². The molecule has 0 fully saturated rings. The van der Waals surface area contributed by atoms with Crippen LogP contribution in [0.2, 0.25) is 0 Å². The number of aryl methyl sites for hydroxylation is 1. The molecule has 0 radical (unpaired) electrons. The number of rotatable bonds is 3. The Labute approximate surface area is 139 Å². The fourth-order valence-electron chi connectivity index (χ4n) is 3.22. The van der Waals surface area contributed by atoms with E-state index in [0.717, 1.165) is 22.2 Å². The van der Waals surface area contributed by atoms with E-state index in [9.17, 15) is 9.59 Å². The smallest absolute Gasteiger partial charge is 0.252 e. The Morgan fingerprint density at radius 3 is 2.92 bits per heavy atom. The fraction of sp³-hybridized carbons (Fsp3) is 0.158. The number of carbonyl (C=O) groups excluding carboxylic acids is 2. The third kappa shape index (κ3) is 2.44. The second kappa shape index (κ2) is 5.53. The van der Waals surface area contributed by atoms with Gasteiger partial charge in [-0.1, -0.05) is 24.3 Å². The average molecular weight is 319 g/mol. The number of fused-ring (bicyclic) bond motifs is 2. The highest BCUT2D eigenvalue weighted by molar-refractivity contribution is 6.01. The largest absolute Gasteiger partial charge is 0.350 e. The van der Waals surface area contributed by atoms with Gasteiger partial charge >= 0.3 is 0 Å². The van der Waals surface area contributed by atoms with Crippen molar-refractivity contribution in [2.45, 2.75) is 12.5 Å². The molecule has 3 aromatic rings. The van der Waals surface area contributed by atoms with Crippen LogP contribution in [0, 0.1) is 0 Å². The predicted octanol–water partition coefficient (Wildman–Crippen LogP) is 2.99. The van der Waals surface area contributed by atoms with E-state index in [0.29, 0.717) is 5.56 Å². The lowest BCUT2D eigenvalue weighted by molar-refractivity contribution is -0.116. The Balaban J connectivity index is 1.50. The van der Waals surface area contributed by atoms with Crippen molar-refractivity contribution in [1.82, 2.24) is 9.88 Å². The Kier molecular flexibility index (Phi) is 3.34. The molecule has 0 unspecified atom stereocenters. The lowest BCUT2D eigenvalue weighted by atomic mass is 10.0. The molecule has 0 saturated carbocycles. The summed E-state index contributed by atoms with van der Waals surface area (Å²) in [6.07, 6.45) is 2.20. The summed E-state index contributed by atoms with van der Waals surface area (Å²) in [6.45, 7) is 0. The topological polar surface area (TPSA) is 63.1 Å². The van der Waals surface area contributed by atoms with Gasteiger partial charge in [-0.25, -0.2) is 0 Å². The van der Waals surface area contributed by atoms with Gasteiger partial charge in [0.2, 0.25) is 5.91 Å². The molecule has 0 bridgehead atoms. The monoisotopic (exact) mass is 319 g/mol. The van der Waals surface area contributed by atoms with E-state index in [1.165, 1.54) is 0 Å². The summed E-state index contributed by atoms with van der Waals surface area (Å²) in [5, 5.41) is 6.92. The van der Waals surface area contributed by atoms with E-state index >= 15 is 0 Å². The zero-order valence-electron chi connectivity index (χ0n) is 13.2. The Bertz CT molecular complexity index is 958. The minimum absolute atomic E-state index is 0.117. The number of carbonyl (C=O) groups is 2. The van der Waals surface area contributed by atoms with Gasteiger partial charge in [0.25, 0.3) is 5.91 Å². The molecule has 0 saturated heterocycles. The molecule has 24 heavy (non-hydrogen) atoms. The van der Waals surface area contributed by atoms with Crippen LogP contribution in [0.4, 0.5) is 5.69 Å². The minimum atomic E-state index is -0.271. The van der Waals surface area contributed by atoms with Crippen LogP contribution in [0.15, 0.2) is 54.7 Å². The van der Waals surface area contributed by atoms with Crippen molar-refractivity contribution < 1.29 is 9.59 Å². The maximum atomic E-state index is 12.4. The standard InChI is InChI=1S/C19H17N3O2/c1-22-9-8-12-6-7-13(10-17(12)22)20-18(23)11-16-14-4-2-3-5-15(14)19(24)21-16/h2-10,16H,11H2,1H3,(H,20,23)(H,21,24)/t16-/m0/s1. The number of amides is 2. The summed E-state index contributed by atoms with van der Waals surface area (Å²) in [4.78, 5) is 24.3. The number of benzene rings is 2. The number of hydrogen-bond donors (Lipinski definition) is 2. The minimum Gasteiger partial charge on any atom is -0.350 e. The molecule has 4 rings (SSSR count). The van der Waals surface area contributed by atoms with Crippen LogP contribution in [0.25, 0.3) is 10.9 Å². The second-order valence-electron chi connectivity index (χ2n) is 6.07. The van der Waals surface area contributed by atoms with E-state index in [1.807, 2.05) is 60.3 Å². The highest BCUT2D eigenvalue weighted by Crippen LogP contribution is 2.28. The maximum Gasteiger partial charge on any atom is 0.252 e. The number of nitrogens with zero attached hydrogens (tertiary/aromatic N) is 1. The van der Waals surface area contributed by atoms with Crippen LogP contribution in [0.5, 0.6) is 0 Å². The third-order valence-electron chi connectivity index (χ3n) is 4.45. The molecule has 0 spiro atoms. The molecule has 1 aliphatic heterocycles. The summed E-state index contributed by atoms with van der Waals surface area (Å²) in [7, 11) is 1.97. The Hall–Kier alpha value is -3.08. The summed E-state index contributed by atoms with van der Waals surface area (Å²) in [6, 6.07) is 15.0. The highest BCUT2D eigenvalue weighted by atomic mass is 16.2. The third-order valence-corrected chi connectivity index (χ3v) is 4.45. The number of nitrogens with one attached hydrogen (secondary N) is 2. The molecular formula is C19H17N3O2. The zero-order chi connectivity index (χ0) is 16.7. The summed E-state index contributed by atoms with van der Waals surface area (Å²) >= 11 is 0. The van der Waals surface area contributed by atoms with Gasteiger partial charge < -0.3 is 15.2 Å². The SMILES string of the molecule is Cn1ccc2ccc(NC(=O)C[C@@H]3NC(=O)c4ccccc43)cc21. The van der Waals surface area contributed by atoms with E-state index in [-0.39, 0.29) is 24.3 Å². The normalized spacial score (nSPS) is 16.0. The Morgan fingerprint density at radius 2 is 2.04 bits per heavy atom. The summed E-state index contributed by atoms with van der Waals surface area (Å²) < 4.78 is 2.01. The van der Waals surface area contributed by atoms with Crippen LogP contribution < -0.4 is 10.6 Å². The van der Waals surface area contributed by atoms with E-state index < -0.39 is 0 Å². The first-order valence-electron chi connectivity index (χ1n) is 7.86. The molecule has 120 valence electrons. The molecule has 2 N–H and O–H groups in total. The van der Waals surface area contributed by atoms with Crippen LogP contribution in [0.1, 0.15) is 28.4 Å².